The van der Waals surface area contributed by atoms with Crippen LogP contribution in [-0.4, -0.2) is 6.61 Å². The summed E-state index contributed by atoms with van der Waals surface area (Å²) in [6.07, 6.45) is 8.10. The van der Waals surface area contributed by atoms with Crippen LogP contribution in [0.2, 0.25) is 0 Å². The lowest BCUT2D eigenvalue weighted by molar-refractivity contribution is 0.281. The average Bonchev–Trinajstić information content (AvgIpc) is 3.09. The Morgan fingerprint density at radius 3 is 1.87 bits per heavy atom. The molecule has 1 aliphatic rings. The monoisotopic (exact) mass is 222 g/mol. The second-order valence-corrected chi connectivity index (χ2v) is 3.43. The Balaban J connectivity index is 0.000000112. The van der Waals surface area contributed by atoms with Crippen molar-refractivity contribution in [1.29, 1.82) is 0 Å². The Morgan fingerprint density at radius 2 is 1.67 bits per heavy atom. The van der Waals surface area contributed by atoms with E-state index >= 15 is 0 Å². The number of hydrogen-bond donors (Lipinski definition) is 0. The van der Waals surface area contributed by atoms with Crippen molar-refractivity contribution in [1.82, 2.24) is 0 Å². The molecule has 15 heavy (non-hydrogen) atoms. The predicted octanol–water partition coefficient (Wildman–Crippen LogP) is 3.95. The second-order valence-electron chi connectivity index (χ2n) is 2.62. The number of hydrogen-bond acceptors (Lipinski definition) is 3. The van der Waals surface area contributed by atoms with E-state index in [9.17, 15) is 0 Å². The smallest absolute Gasteiger partial charge is 0.0908 e. The first-order valence-corrected chi connectivity index (χ1v) is 5.65. The lowest BCUT2D eigenvalue weighted by atomic mass is 10.5. The lowest BCUT2D eigenvalue weighted by Crippen LogP contribution is -1.70. The molecule has 0 spiro atoms. The Bertz CT molecular complexity index is 245. The van der Waals surface area contributed by atoms with E-state index in [2.05, 4.69) is 4.42 Å². The third kappa shape index (κ3) is 7.58. The molecule has 2 aromatic heterocycles. The summed E-state index contributed by atoms with van der Waals surface area (Å²) in [6, 6.07) is 7.70. The van der Waals surface area contributed by atoms with E-state index in [-0.39, 0.29) is 0 Å². The Morgan fingerprint density at radius 1 is 0.933 bits per heavy atom. The maximum Gasteiger partial charge on any atom is 0.0908 e. The number of ether oxygens (including phenoxy) is 1. The maximum absolute atomic E-state index is 4.76. The van der Waals surface area contributed by atoms with Crippen LogP contribution in [0.1, 0.15) is 6.42 Å². The highest BCUT2D eigenvalue weighted by atomic mass is 32.1. The van der Waals surface area contributed by atoms with Crippen LogP contribution in [0.4, 0.5) is 0 Å². The minimum absolute atomic E-state index is 0.889. The molecule has 0 aliphatic carbocycles. The fourth-order valence-electron chi connectivity index (χ4n) is 0.794. The molecule has 0 fully saturated rings. The molecule has 0 amide bonds. The van der Waals surface area contributed by atoms with Crippen molar-refractivity contribution in [2.24, 2.45) is 0 Å². The molecule has 2 nitrogen and oxygen atoms in total. The van der Waals surface area contributed by atoms with Gasteiger partial charge in [-0.3, -0.25) is 0 Å². The zero-order valence-corrected chi connectivity index (χ0v) is 9.23. The molecule has 0 N–H and O–H groups in total. The standard InChI is InChI=1S/C4H6O.C4H4O.C4H4S/c3*1-2-4-5-3-1/h1,3H,2,4H2;2*1-4H. The van der Waals surface area contributed by atoms with Crippen molar-refractivity contribution in [2.45, 2.75) is 6.42 Å². The van der Waals surface area contributed by atoms with E-state index in [0.29, 0.717) is 0 Å². The van der Waals surface area contributed by atoms with Gasteiger partial charge in [-0.1, -0.05) is 12.1 Å². The molecule has 0 saturated carbocycles. The van der Waals surface area contributed by atoms with Gasteiger partial charge >= 0.3 is 0 Å². The summed E-state index contributed by atoms with van der Waals surface area (Å²) in [6.45, 7) is 0.889. The largest absolute Gasteiger partial charge is 0.501 e. The first-order valence-electron chi connectivity index (χ1n) is 4.71. The van der Waals surface area contributed by atoms with E-state index in [1.807, 2.05) is 41.1 Å². The van der Waals surface area contributed by atoms with Crippen LogP contribution in [0.5, 0.6) is 0 Å². The molecule has 80 valence electrons. The second kappa shape index (κ2) is 9.09. The van der Waals surface area contributed by atoms with Gasteiger partial charge in [0.15, 0.2) is 0 Å². The average molecular weight is 222 g/mol. The molecule has 3 heteroatoms. The highest BCUT2D eigenvalue weighted by Gasteiger charge is 1.83. The Kier molecular flexibility index (Phi) is 7.03. The van der Waals surface area contributed by atoms with E-state index < -0.39 is 0 Å². The normalized spacial score (nSPS) is 11.7. The topological polar surface area (TPSA) is 22.4 Å². The fourth-order valence-corrected chi connectivity index (χ4v) is 1.25. The summed E-state index contributed by atoms with van der Waals surface area (Å²) in [4.78, 5) is 0. The molecule has 0 atom stereocenters. The van der Waals surface area contributed by atoms with E-state index in [0.717, 1.165) is 13.0 Å². The van der Waals surface area contributed by atoms with Gasteiger partial charge < -0.3 is 9.15 Å². The highest BCUT2D eigenvalue weighted by Crippen LogP contribution is 1.93. The Labute approximate surface area is 93.8 Å². The van der Waals surface area contributed by atoms with Crippen molar-refractivity contribution in [3.05, 3.63) is 59.9 Å². The van der Waals surface area contributed by atoms with Crippen LogP contribution in [-0.2, 0) is 4.74 Å². The molecule has 1 aliphatic heterocycles. The van der Waals surface area contributed by atoms with Crippen molar-refractivity contribution in [2.75, 3.05) is 6.61 Å². The van der Waals surface area contributed by atoms with Crippen molar-refractivity contribution >= 4 is 11.3 Å². The first-order chi connectivity index (χ1) is 7.50. The lowest BCUT2D eigenvalue weighted by Gasteiger charge is -1.79. The molecule has 0 unspecified atom stereocenters. The van der Waals surface area contributed by atoms with Gasteiger partial charge in [-0.25, -0.2) is 0 Å². The summed E-state index contributed by atoms with van der Waals surface area (Å²) in [5.41, 5.74) is 0. The highest BCUT2D eigenvalue weighted by molar-refractivity contribution is 7.07. The molecular weight excluding hydrogens is 208 g/mol. The van der Waals surface area contributed by atoms with E-state index in [1.54, 1.807) is 30.1 Å². The van der Waals surface area contributed by atoms with E-state index in [1.165, 1.54) is 0 Å². The van der Waals surface area contributed by atoms with Gasteiger partial charge in [-0.2, -0.15) is 11.3 Å². The van der Waals surface area contributed by atoms with Gasteiger partial charge in [0.2, 0.25) is 0 Å². The molecular formula is C12H14O2S. The van der Waals surface area contributed by atoms with Crippen LogP contribution in [0.25, 0.3) is 0 Å². The molecule has 3 heterocycles. The Hall–Kier alpha value is -1.48. The minimum atomic E-state index is 0.889. The van der Waals surface area contributed by atoms with E-state index in [4.69, 9.17) is 4.74 Å². The van der Waals surface area contributed by atoms with Crippen molar-refractivity contribution in [3.63, 3.8) is 0 Å². The van der Waals surface area contributed by atoms with Crippen LogP contribution >= 0.6 is 11.3 Å². The van der Waals surface area contributed by atoms with Crippen LogP contribution in [0.3, 0.4) is 0 Å². The summed E-state index contributed by atoms with van der Waals surface area (Å²) < 4.78 is 9.35. The molecule has 0 aromatic carbocycles. The number of rotatable bonds is 0. The molecule has 0 radical (unpaired) electrons. The molecule has 0 bridgehead atoms. The number of thiophene rings is 1. The van der Waals surface area contributed by atoms with Gasteiger partial charge in [0.05, 0.1) is 25.4 Å². The minimum Gasteiger partial charge on any atom is -0.501 e. The van der Waals surface area contributed by atoms with Crippen LogP contribution < -0.4 is 0 Å². The third-order valence-electron chi connectivity index (χ3n) is 1.45. The third-order valence-corrected chi connectivity index (χ3v) is 2.07. The van der Waals surface area contributed by atoms with Gasteiger partial charge in [0.25, 0.3) is 0 Å². The summed E-state index contributed by atoms with van der Waals surface area (Å²) in [7, 11) is 0. The molecule has 3 rings (SSSR count). The van der Waals surface area contributed by atoms with Gasteiger partial charge in [0, 0.05) is 6.42 Å². The zero-order chi connectivity index (χ0) is 10.6. The predicted molar refractivity (Wildman–Crippen MR) is 62.7 cm³/mol. The van der Waals surface area contributed by atoms with Gasteiger partial charge in [0.1, 0.15) is 0 Å². The zero-order valence-electron chi connectivity index (χ0n) is 8.41. The summed E-state index contributed by atoms with van der Waals surface area (Å²) >= 11 is 1.71. The quantitative estimate of drug-likeness (QED) is 0.673. The van der Waals surface area contributed by atoms with Crippen LogP contribution in [0.15, 0.2) is 64.3 Å². The van der Waals surface area contributed by atoms with Gasteiger partial charge in [-0.05, 0) is 29.0 Å². The maximum atomic E-state index is 4.76. The fraction of sp³-hybridized carbons (Fsp3) is 0.167. The first kappa shape index (κ1) is 11.6. The van der Waals surface area contributed by atoms with Gasteiger partial charge in [-0.15, -0.1) is 0 Å². The van der Waals surface area contributed by atoms with Crippen molar-refractivity contribution in [3.8, 4) is 0 Å². The van der Waals surface area contributed by atoms with Crippen LogP contribution in [0, 0.1) is 0 Å². The summed E-state index contributed by atoms with van der Waals surface area (Å²) in [5.74, 6) is 0. The number of furan rings is 1. The molecule has 0 saturated heterocycles. The summed E-state index contributed by atoms with van der Waals surface area (Å²) in [5, 5.41) is 4.08. The van der Waals surface area contributed by atoms with Crippen molar-refractivity contribution < 1.29 is 9.15 Å². The molecule has 2 aromatic rings. The SMILES string of the molecule is C1=COCC1.c1ccoc1.c1ccsc1.